The molecule has 2 aromatic carbocycles. The Hall–Kier alpha value is -3.66. The first-order valence-corrected chi connectivity index (χ1v) is 7.91. The van der Waals surface area contributed by atoms with Gasteiger partial charge >= 0.3 is 5.97 Å². The van der Waals surface area contributed by atoms with E-state index in [1.54, 1.807) is 42.5 Å². The minimum atomic E-state index is -0.596. The third-order valence-electron chi connectivity index (χ3n) is 3.48. The molecule has 0 aliphatic rings. The number of hydrogen-bond donors (Lipinski definition) is 0. The van der Waals surface area contributed by atoms with E-state index in [0.717, 1.165) is 0 Å². The van der Waals surface area contributed by atoms with E-state index in [2.05, 4.69) is 0 Å². The van der Waals surface area contributed by atoms with Crippen LogP contribution < -0.4 is 23.7 Å². The van der Waals surface area contributed by atoms with Crippen LogP contribution in [-0.4, -0.2) is 33.9 Å². The number of nitrogens with zero attached hydrogens (tertiary/aromatic N) is 1. The zero-order chi connectivity index (χ0) is 19.6. The lowest BCUT2D eigenvalue weighted by Crippen LogP contribution is -2.06. The van der Waals surface area contributed by atoms with E-state index in [9.17, 15) is 4.79 Å². The molecule has 7 nitrogen and oxygen atoms in total. The summed E-state index contributed by atoms with van der Waals surface area (Å²) < 4.78 is 26.2. The van der Waals surface area contributed by atoms with Crippen molar-refractivity contribution < 1.29 is 28.5 Å². The minimum Gasteiger partial charge on any atom is -0.493 e. The van der Waals surface area contributed by atoms with Crippen molar-refractivity contribution in [3.8, 4) is 34.8 Å². The summed E-state index contributed by atoms with van der Waals surface area (Å²) >= 11 is 0. The zero-order valence-electron chi connectivity index (χ0n) is 15.2. The number of esters is 1. The largest absolute Gasteiger partial charge is 0.493 e. The summed E-state index contributed by atoms with van der Waals surface area (Å²) in [6, 6.07) is 12.0. The summed E-state index contributed by atoms with van der Waals surface area (Å²) in [5, 5.41) is 8.59. The Bertz CT molecular complexity index is 847. The molecule has 0 amide bonds. The lowest BCUT2D eigenvalue weighted by Gasteiger charge is -2.11. The van der Waals surface area contributed by atoms with Gasteiger partial charge in [0.05, 0.1) is 21.3 Å². The Morgan fingerprint density at radius 2 is 1.67 bits per heavy atom. The molecule has 0 heterocycles. The zero-order valence-corrected chi connectivity index (χ0v) is 15.2. The Morgan fingerprint density at radius 3 is 2.26 bits per heavy atom. The van der Waals surface area contributed by atoms with Crippen LogP contribution in [-0.2, 0) is 4.79 Å². The number of para-hydroxylation sites is 1. The van der Waals surface area contributed by atoms with E-state index in [1.807, 2.05) is 6.07 Å². The van der Waals surface area contributed by atoms with E-state index in [-0.39, 0.29) is 12.4 Å². The first kappa shape index (κ1) is 19.7. The molecule has 0 atom stereocenters. The van der Waals surface area contributed by atoms with Crippen molar-refractivity contribution in [2.75, 3.05) is 27.9 Å². The monoisotopic (exact) mass is 369 g/mol. The van der Waals surface area contributed by atoms with Gasteiger partial charge in [-0.1, -0.05) is 12.1 Å². The lowest BCUT2D eigenvalue weighted by atomic mass is 10.2. The molecule has 2 aromatic rings. The summed E-state index contributed by atoms with van der Waals surface area (Å²) in [6.45, 7) is -0.0847. The number of benzene rings is 2. The number of rotatable bonds is 8. The van der Waals surface area contributed by atoms with Crippen LogP contribution in [0.15, 0.2) is 42.5 Å². The Balaban J connectivity index is 2.15. The van der Waals surface area contributed by atoms with Crippen LogP contribution in [0.2, 0.25) is 0 Å². The molecular weight excluding hydrogens is 350 g/mol. The molecule has 0 radical (unpaired) electrons. The highest BCUT2D eigenvalue weighted by molar-refractivity contribution is 5.89. The molecule has 0 fully saturated rings. The van der Waals surface area contributed by atoms with Gasteiger partial charge in [0.1, 0.15) is 6.07 Å². The maximum Gasteiger partial charge on any atom is 0.336 e. The normalized spacial score (nSPS) is 10.1. The molecule has 0 aromatic heterocycles. The van der Waals surface area contributed by atoms with Crippen molar-refractivity contribution in [2.24, 2.45) is 0 Å². The first-order valence-electron chi connectivity index (χ1n) is 7.91. The molecule has 27 heavy (non-hydrogen) atoms. The van der Waals surface area contributed by atoms with Gasteiger partial charge in [-0.05, 0) is 35.9 Å². The van der Waals surface area contributed by atoms with Crippen molar-refractivity contribution in [1.29, 1.82) is 5.26 Å². The SMILES string of the molecule is COc1cc(/C=C/C(=O)Oc2c(OC)cccc2OC)ccc1OCC#N. The maximum absolute atomic E-state index is 12.2. The van der Waals surface area contributed by atoms with E-state index in [1.165, 1.54) is 27.4 Å². The van der Waals surface area contributed by atoms with E-state index >= 15 is 0 Å². The van der Waals surface area contributed by atoms with Crippen LogP contribution in [0.3, 0.4) is 0 Å². The molecule has 7 heteroatoms. The second-order valence-corrected chi connectivity index (χ2v) is 5.10. The van der Waals surface area contributed by atoms with Gasteiger partial charge in [-0.25, -0.2) is 4.79 Å². The Kier molecular flexibility index (Phi) is 7.08. The third-order valence-corrected chi connectivity index (χ3v) is 3.48. The van der Waals surface area contributed by atoms with Crippen molar-refractivity contribution in [3.05, 3.63) is 48.0 Å². The van der Waals surface area contributed by atoms with Crippen molar-refractivity contribution in [3.63, 3.8) is 0 Å². The fraction of sp³-hybridized carbons (Fsp3) is 0.200. The molecule has 0 unspecified atom stereocenters. The van der Waals surface area contributed by atoms with Gasteiger partial charge < -0.3 is 23.7 Å². The second-order valence-electron chi connectivity index (χ2n) is 5.10. The van der Waals surface area contributed by atoms with Gasteiger partial charge in [0, 0.05) is 6.08 Å². The molecule has 0 aliphatic heterocycles. The van der Waals surface area contributed by atoms with Crippen LogP contribution in [0.5, 0.6) is 28.7 Å². The summed E-state index contributed by atoms with van der Waals surface area (Å²) in [6.07, 6.45) is 2.84. The molecule has 140 valence electrons. The quantitative estimate of drug-likeness (QED) is 0.401. The highest BCUT2D eigenvalue weighted by Crippen LogP contribution is 2.37. The molecule has 0 N–H and O–H groups in total. The van der Waals surface area contributed by atoms with Crippen molar-refractivity contribution >= 4 is 12.0 Å². The predicted octanol–water partition coefficient (Wildman–Crippen LogP) is 3.23. The van der Waals surface area contributed by atoms with Gasteiger partial charge in [0.25, 0.3) is 0 Å². The number of carbonyl (C=O) groups is 1. The van der Waals surface area contributed by atoms with Crippen LogP contribution in [0.25, 0.3) is 6.08 Å². The lowest BCUT2D eigenvalue weighted by molar-refractivity contribution is -0.129. The smallest absolute Gasteiger partial charge is 0.336 e. The standard InChI is InChI=1S/C20H19NO6/c1-23-16-5-4-6-17(24-2)20(16)27-19(22)10-8-14-7-9-15(26-12-11-21)18(13-14)25-3/h4-10,13H,12H2,1-3H3/b10-8+. The van der Waals surface area contributed by atoms with Crippen molar-refractivity contribution in [2.45, 2.75) is 0 Å². The van der Waals surface area contributed by atoms with E-state index in [4.69, 9.17) is 28.9 Å². The predicted molar refractivity (Wildman–Crippen MR) is 98.3 cm³/mol. The highest BCUT2D eigenvalue weighted by Gasteiger charge is 2.14. The third kappa shape index (κ3) is 5.16. The van der Waals surface area contributed by atoms with Gasteiger partial charge in [-0.3, -0.25) is 0 Å². The number of carbonyl (C=O) groups excluding carboxylic acids is 1. The Morgan fingerprint density at radius 1 is 1.00 bits per heavy atom. The average Bonchev–Trinajstić information content (AvgIpc) is 2.71. The maximum atomic E-state index is 12.2. The van der Waals surface area contributed by atoms with Crippen LogP contribution >= 0.6 is 0 Å². The minimum absolute atomic E-state index is 0.0847. The fourth-order valence-electron chi connectivity index (χ4n) is 2.23. The van der Waals surface area contributed by atoms with Gasteiger partial charge in [0.15, 0.2) is 29.6 Å². The fourth-order valence-corrected chi connectivity index (χ4v) is 2.23. The summed E-state index contributed by atoms with van der Waals surface area (Å²) in [5.41, 5.74) is 0.695. The molecule has 0 spiro atoms. The number of hydrogen-bond acceptors (Lipinski definition) is 7. The van der Waals surface area contributed by atoms with Crippen LogP contribution in [0.1, 0.15) is 5.56 Å². The topological polar surface area (TPSA) is 87.0 Å². The summed E-state index contributed by atoms with van der Waals surface area (Å²) in [7, 11) is 4.44. The van der Waals surface area contributed by atoms with E-state index in [0.29, 0.717) is 28.6 Å². The number of methoxy groups -OCH3 is 3. The van der Waals surface area contributed by atoms with Gasteiger partial charge in [-0.2, -0.15) is 5.26 Å². The summed E-state index contributed by atoms with van der Waals surface area (Å²) in [4.78, 5) is 12.2. The summed E-state index contributed by atoms with van der Waals surface area (Å²) in [5.74, 6) is 1.27. The molecule has 0 bridgehead atoms. The molecule has 0 saturated heterocycles. The number of ether oxygens (including phenoxy) is 5. The number of nitriles is 1. The van der Waals surface area contributed by atoms with Crippen molar-refractivity contribution in [1.82, 2.24) is 0 Å². The highest BCUT2D eigenvalue weighted by atomic mass is 16.6. The van der Waals surface area contributed by atoms with Gasteiger partial charge in [-0.15, -0.1) is 0 Å². The molecule has 0 aliphatic carbocycles. The molecule has 0 saturated carbocycles. The van der Waals surface area contributed by atoms with E-state index < -0.39 is 5.97 Å². The molecule has 2 rings (SSSR count). The van der Waals surface area contributed by atoms with Crippen LogP contribution in [0.4, 0.5) is 0 Å². The average molecular weight is 369 g/mol. The van der Waals surface area contributed by atoms with Gasteiger partial charge in [0.2, 0.25) is 5.75 Å². The van der Waals surface area contributed by atoms with Crippen LogP contribution in [0, 0.1) is 11.3 Å². The first-order chi connectivity index (χ1) is 13.1. The Labute approximate surface area is 157 Å². The molecular formula is C20H19NO6. The second kappa shape index (κ2) is 9.73.